The van der Waals surface area contributed by atoms with Crippen LogP contribution in [0, 0.1) is 0 Å². The second kappa shape index (κ2) is 6.13. The van der Waals surface area contributed by atoms with Crippen LogP contribution in [0.15, 0.2) is 24.5 Å². The van der Waals surface area contributed by atoms with Crippen LogP contribution in [0.1, 0.15) is 32.0 Å². The second-order valence-corrected chi connectivity index (χ2v) is 5.92. The van der Waals surface area contributed by atoms with Crippen LogP contribution < -0.4 is 11.1 Å². The first-order chi connectivity index (χ1) is 9.87. The molecule has 0 bridgehead atoms. The van der Waals surface area contributed by atoms with Crippen molar-refractivity contribution >= 4 is 11.7 Å². The van der Waals surface area contributed by atoms with Crippen LogP contribution in [0.3, 0.4) is 0 Å². The molecule has 21 heavy (non-hydrogen) atoms. The van der Waals surface area contributed by atoms with Gasteiger partial charge in [-0.1, -0.05) is 6.07 Å². The molecule has 2 aromatic heterocycles. The van der Waals surface area contributed by atoms with Crippen molar-refractivity contribution in [3.05, 3.63) is 35.8 Å². The molecule has 0 aromatic carbocycles. The SMILES string of the molecule is CC(C)(C)OC(=O)NCCc1ccc2nc(CN)cn2c1. The molecule has 2 heterocycles. The summed E-state index contributed by atoms with van der Waals surface area (Å²) in [4.78, 5) is 15.9. The van der Waals surface area contributed by atoms with Gasteiger partial charge in [-0.25, -0.2) is 9.78 Å². The number of amides is 1. The monoisotopic (exact) mass is 290 g/mol. The molecule has 0 fully saturated rings. The van der Waals surface area contributed by atoms with Gasteiger partial charge in [0.05, 0.1) is 5.69 Å². The van der Waals surface area contributed by atoms with Crippen molar-refractivity contribution < 1.29 is 9.53 Å². The van der Waals surface area contributed by atoms with Gasteiger partial charge in [0.2, 0.25) is 0 Å². The largest absolute Gasteiger partial charge is 0.444 e. The number of ether oxygens (including phenoxy) is 1. The first-order valence-corrected chi connectivity index (χ1v) is 7.01. The molecule has 3 N–H and O–H groups in total. The van der Waals surface area contributed by atoms with Crippen molar-refractivity contribution in [1.82, 2.24) is 14.7 Å². The van der Waals surface area contributed by atoms with Gasteiger partial charge in [-0.15, -0.1) is 0 Å². The van der Waals surface area contributed by atoms with Crippen LogP contribution in [0.4, 0.5) is 4.79 Å². The number of nitrogens with two attached hydrogens (primary N) is 1. The van der Waals surface area contributed by atoms with Crippen molar-refractivity contribution in [3.63, 3.8) is 0 Å². The van der Waals surface area contributed by atoms with Crippen molar-refractivity contribution in [2.24, 2.45) is 5.73 Å². The third-order valence-electron chi connectivity index (χ3n) is 2.85. The van der Waals surface area contributed by atoms with Crippen LogP contribution in [0.2, 0.25) is 0 Å². The molecule has 0 saturated heterocycles. The molecule has 0 aliphatic heterocycles. The number of carbonyl (C=O) groups excluding carboxylic acids is 1. The Morgan fingerprint density at radius 3 is 2.81 bits per heavy atom. The number of aromatic nitrogens is 2. The summed E-state index contributed by atoms with van der Waals surface area (Å²) in [6.07, 6.45) is 4.25. The Morgan fingerprint density at radius 2 is 2.14 bits per heavy atom. The maximum atomic E-state index is 11.5. The molecule has 0 radical (unpaired) electrons. The zero-order valence-electron chi connectivity index (χ0n) is 12.7. The summed E-state index contributed by atoms with van der Waals surface area (Å²) in [6.45, 7) is 6.48. The molecule has 0 aliphatic carbocycles. The highest BCUT2D eigenvalue weighted by Gasteiger charge is 2.15. The maximum Gasteiger partial charge on any atom is 0.407 e. The zero-order valence-corrected chi connectivity index (χ0v) is 12.7. The van der Waals surface area contributed by atoms with Crippen molar-refractivity contribution in [1.29, 1.82) is 0 Å². The number of pyridine rings is 1. The van der Waals surface area contributed by atoms with Crippen LogP contribution in [0.25, 0.3) is 5.65 Å². The van der Waals surface area contributed by atoms with Gasteiger partial charge in [0.25, 0.3) is 0 Å². The number of alkyl carbamates (subject to hydrolysis) is 1. The predicted octanol–water partition coefficient (Wildman–Crippen LogP) is 1.86. The predicted molar refractivity (Wildman–Crippen MR) is 81.0 cm³/mol. The minimum absolute atomic E-state index is 0.392. The lowest BCUT2D eigenvalue weighted by Gasteiger charge is -2.19. The molecule has 6 nitrogen and oxygen atoms in total. The molecule has 0 unspecified atom stereocenters. The van der Waals surface area contributed by atoms with E-state index in [1.54, 1.807) is 0 Å². The summed E-state index contributed by atoms with van der Waals surface area (Å²) in [7, 11) is 0. The average Bonchev–Trinajstić information content (AvgIpc) is 2.78. The number of hydrogen-bond donors (Lipinski definition) is 2. The van der Waals surface area contributed by atoms with E-state index in [0.29, 0.717) is 13.1 Å². The Balaban J connectivity index is 1.90. The van der Waals surface area contributed by atoms with Crippen LogP contribution >= 0.6 is 0 Å². The van der Waals surface area contributed by atoms with E-state index in [2.05, 4.69) is 10.3 Å². The van der Waals surface area contributed by atoms with E-state index < -0.39 is 11.7 Å². The number of nitrogens with zero attached hydrogens (tertiary/aromatic N) is 2. The first kappa shape index (κ1) is 15.3. The van der Waals surface area contributed by atoms with Gasteiger partial charge in [0, 0.05) is 25.5 Å². The Morgan fingerprint density at radius 1 is 1.38 bits per heavy atom. The normalized spacial score (nSPS) is 11.6. The van der Waals surface area contributed by atoms with Gasteiger partial charge in [-0.3, -0.25) is 0 Å². The number of carbonyl (C=O) groups is 1. The van der Waals surface area contributed by atoms with Gasteiger partial charge in [-0.2, -0.15) is 0 Å². The van der Waals surface area contributed by atoms with Crippen molar-refractivity contribution in [2.45, 2.75) is 39.3 Å². The van der Waals surface area contributed by atoms with Gasteiger partial charge < -0.3 is 20.2 Å². The second-order valence-electron chi connectivity index (χ2n) is 5.92. The van der Waals surface area contributed by atoms with Crippen molar-refractivity contribution in [3.8, 4) is 0 Å². The fraction of sp³-hybridized carbons (Fsp3) is 0.467. The average molecular weight is 290 g/mol. The van der Waals surface area contributed by atoms with Crippen LogP contribution in [-0.2, 0) is 17.7 Å². The maximum absolute atomic E-state index is 11.5. The molecule has 0 aliphatic rings. The number of nitrogens with one attached hydrogen (secondary N) is 1. The van der Waals surface area contributed by atoms with Crippen molar-refractivity contribution in [2.75, 3.05) is 6.54 Å². The van der Waals surface area contributed by atoms with E-state index in [0.717, 1.165) is 23.3 Å². The molecule has 6 heteroatoms. The molecule has 0 spiro atoms. The van der Waals surface area contributed by atoms with Gasteiger partial charge in [0.1, 0.15) is 11.2 Å². The summed E-state index contributed by atoms with van der Waals surface area (Å²) in [6, 6.07) is 3.95. The van der Waals surface area contributed by atoms with E-state index in [4.69, 9.17) is 10.5 Å². The molecular formula is C15H22N4O2. The summed E-state index contributed by atoms with van der Waals surface area (Å²) in [5.41, 5.74) is 7.95. The number of rotatable bonds is 4. The van der Waals surface area contributed by atoms with E-state index in [1.807, 2.05) is 49.7 Å². The molecule has 1 amide bonds. The standard InChI is InChI=1S/C15H22N4O2/c1-15(2,3)21-14(20)17-7-6-11-4-5-13-18-12(8-16)10-19(13)9-11/h4-5,9-10H,6-8,16H2,1-3H3,(H,17,20). The molecule has 114 valence electrons. The first-order valence-electron chi connectivity index (χ1n) is 7.01. The Labute approximate surface area is 124 Å². The summed E-state index contributed by atoms with van der Waals surface area (Å²) >= 11 is 0. The van der Waals surface area contributed by atoms with Gasteiger partial charge in [0.15, 0.2) is 0 Å². The molecule has 0 atom stereocenters. The lowest BCUT2D eigenvalue weighted by molar-refractivity contribution is 0.0528. The minimum Gasteiger partial charge on any atom is -0.444 e. The van der Waals surface area contributed by atoms with E-state index in [-0.39, 0.29) is 0 Å². The number of hydrogen-bond acceptors (Lipinski definition) is 4. The van der Waals surface area contributed by atoms with E-state index >= 15 is 0 Å². The highest BCUT2D eigenvalue weighted by molar-refractivity contribution is 5.67. The zero-order chi connectivity index (χ0) is 15.5. The molecule has 2 aromatic rings. The lowest BCUT2D eigenvalue weighted by Crippen LogP contribution is -2.33. The number of imidazole rings is 1. The minimum atomic E-state index is -0.474. The Hall–Kier alpha value is -2.08. The summed E-state index contributed by atoms with van der Waals surface area (Å²) in [5.74, 6) is 0. The quantitative estimate of drug-likeness (QED) is 0.900. The van der Waals surface area contributed by atoms with Gasteiger partial charge >= 0.3 is 6.09 Å². The smallest absolute Gasteiger partial charge is 0.407 e. The van der Waals surface area contributed by atoms with E-state index in [1.165, 1.54) is 0 Å². The number of fused-ring (bicyclic) bond motifs is 1. The third kappa shape index (κ3) is 4.46. The van der Waals surface area contributed by atoms with Gasteiger partial charge in [-0.05, 0) is 38.8 Å². The molecule has 2 rings (SSSR count). The third-order valence-corrected chi connectivity index (χ3v) is 2.85. The fourth-order valence-electron chi connectivity index (χ4n) is 1.96. The highest BCUT2D eigenvalue weighted by atomic mass is 16.6. The van der Waals surface area contributed by atoms with Crippen LogP contribution in [-0.4, -0.2) is 27.6 Å². The highest BCUT2D eigenvalue weighted by Crippen LogP contribution is 2.09. The van der Waals surface area contributed by atoms with E-state index in [9.17, 15) is 4.79 Å². The Bertz CT molecular complexity index is 628. The summed E-state index contributed by atoms with van der Waals surface area (Å²) < 4.78 is 7.13. The lowest BCUT2D eigenvalue weighted by atomic mass is 10.2. The fourth-order valence-corrected chi connectivity index (χ4v) is 1.96. The molecule has 0 saturated carbocycles. The topological polar surface area (TPSA) is 81.6 Å². The molecular weight excluding hydrogens is 268 g/mol. The Kier molecular flexibility index (Phi) is 4.47. The van der Waals surface area contributed by atoms with Crippen LogP contribution in [0.5, 0.6) is 0 Å². The summed E-state index contributed by atoms with van der Waals surface area (Å²) in [5, 5.41) is 2.75.